The molecule has 0 aromatic heterocycles. The number of aromatic hydroxyl groups is 2. The standard InChI is InChI=1S/C28H40O6Si/c1-15(2)35(16(3)4,17(5)6)34-21-14-20-27(33-21)24-22(18(7)32-20)25(29)23(28(31-8)26(24)30)19-12-10-9-11-13-19/h9-13,15-18,20-21,27,29-30H,14H2,1-8H3/t18-,20-,21?,27+/m0/s1. The van der Waals surface area contributed by atoms with E-state index in [0.29, 0.717) is 39.7 Å². The van der Waals surface area contributed by atoms with E-state index in [-0.39, 0.29) is 23.4 Å². The molecule has 4 atom stereocenters. The van der Waals surface area contributed by atoms with Crippen molar-refractivity contribution in [1.82, 2.24) is 0 Å². The summed E-state index contributed by atoms with van der Waals surface area (Å²) in [7, 11) is -0.675. The fraction of sp³-hybridized carbons (Fsp3) is 0.571. The van der Waals surface area contributed by atoms with Crippen LogP contribution in [0, 0.1) is 0 Å². The lowest BCUT2D eigenvalue weighted by molar-refractivity contribution is -0.109. The van der Waals surface area contributed by atoms with Gasteiger partial charge in [-0.3, -0.25) is 0 Å². The van der Waals surface area contributed by atoms with Crippen LogP contribution in [0.25, 0.3) is 11.1 Å². The third kappa shape index (κ3) is 4.16. The normalized spacial score (nSPS) is 24.2. The zero-order valence-electron chi connectivity index (χ0n) is 22.2. The van der Waals surface area contributed by atoms with Gasteiger partial charge in [-0.25, -0.2) is 0 Å². The molecule has 35 heavy (non-hydrogen) atoms. The van der Waals surface area contributed by atoms with Crippen LogP contribution in [0.15, 0.2) is 30.3 Å². The Morgan fingerprint density at radius 1 is 0.886 bits per heavy atom. The van der Waals surface area contributed by atoms with Gasteiger partial charge in [0, 0.05) is 17.5 Å². The molecular weight excluding hydrogens is 460 g/mol. The number of phenolic OH excluding ortho intramolecular Hbond substituents is 2. The Morgan fingerprint density at radius 2 is 1.49 bits per heavy atom. The summed E-state index contributed by atoms with van der Waals surface area (Å²) in [5.74, 6) is 0.281. The van der Waals surface area contributed by atoms with E-state index < -0.39 is 26.8 Å². The van der Waals surface area contributed by atoms with E-state index in [1.807, 2.05) is 37.3 Å². The smallest absolute Gasteiger partial charge is 0.203 e. The molecule has 6 nitrogen and oxygen atoms in total. The largest absolute Gasteiger partial charge is 0.507 e. The topological polar surface area (TPSA) is 77.4 Å². The van der Waals surface area contributed by atoms with Crippen LogP contribution in [0.3, 0.4) is 0 Å². The Labute approximate surface area is 210 Å². The molecule has 2 N–H and O–H groups in total. The van der Waals surface area contributed by atoms with Crippen molar-refractivity contribution in [1.29, 1.82) is 0 Å². The molecule has 2 aromatic carbocycles. The van der Waals surface area contributed by atoms with Crippen LogP contribution in [0.1, 0.15) is 78.2 Å². The van der Waals surface area contributed by atoms with E-state index in [9.17, 15) is 10.2 Å². The third-order valence-electron chi connectivity index (χ3n) is 7.92. The number of methoxy groups -OCH3 is 1. The van der Waals surface area contributed by atoms with E-state index in [1.54, 1.807) is 0 Å². The summed E-state index contributed by atoms with van der Waals surface area (Å²) in [6.07, 6.45) is -1.09. The summed E-state index contributed by atoms with van der Waals surface area (Å²) >= 11 is 0. The molecule has 0 spiro atoms. The quantitative estimate of drug-likeness (QED) is 0.309. The Balaban J connectivity index is 1.77. The molecule has 1 fully saturated rings. The molecule has 0 radical (unpaired) electrons. The summed E-state index contributed by atoms with van der Waals surface area (Å²) in [6.45, 7) is 15.4. The number of phenols is 2. The molecule has 192 valence electrons. The maximum absolute atomic E-state index is 11.4. The molecule has 7 heteroatoms. The Kier molecular flexibility index (Phi) is 7.26. The van der Waals surface area contributed by atoms with Crippen LogP contribution in [0.4, 0.5) is 0 Å². The maximum atomic E-state index is 11.4. The minimum atomic E-state index is -2.18. The Morgan fingerprint density at radius 3 is 2.03 bits per heavy atom. The molecular formula is C28H40O6Si. The van der Waals surface area contributed by atoms with Gasteiger partial charge < -0.3 is 28.8 Å². The molecule has 2 aromatic rings. The lowest BCUT2D eigenvalue weighted by Gasteiger charge is -2.43. The van der Waals surface area contributed by atoms with Crippen molar-refractivity contribution in [2.45, 2.75) is 96.1 Å². The van der Waals surface area contributed by atoms with E-state index in [2.05, 4.69) is 41.5 Å². The van der Waals surface area contributed by atoms with Crippen molar-refractivity contribution in [3.05, 3.63) is 41.5 Å². The molecule has 0 aliphatic carbocycles. The number of rotatable bonds is 7. The molecule has 2 aliphatic heterocycles. The molecule has 4 rings (SSSR count). The van der Waals surface area contributed by atoms with Crippen LogP contribution in [0.5, 0.6) is 17.2 Å². The lowest BCUT2D eigenvalue weighted by atomic mass is 9.86. The summed E-state index contributed by atoms with van der Waals surface area (Å²) in [5, 5.41) is 22.9. The second-order valence-electron chi connectivity index (χ2n) is 10.8. The second-order valence-corrected chi connectivity index (χ2v) is 16.2. The van der Waals surface area contributed by atoms with Crippen molar-refractivity contribution in [2.75, 3.05) is 7.11 Å². The predicted octanol–water partition coefficient (Wildman–Crippen LogP) is 7.21. The number of hydrogen-bond donors (Lipinski definition) is 2. The van der Waals surface area contributed by atoms with Crippen LogP contribution >= 0.6 is 0 Å². The SMILES string of the molecule is COc1c(O)c2c(c(O)c1-c1ccccc1)[C@H](C)O[C@H]1CC(O[Si](C(C)C)(C(C)C)C(C)C)O[C@@H]21. The van der Waals surface area contributed by atoms with Gasteiger partial charge in [0.2, 0.25) is 8.32 Å². The van der Waals surface area contributed by atoms with Crippen LogP contribution in [-0.4, -0.2) is 38.0 Å². The van der Waals surface area contributed by atoms with Gasteiger partial charge >= 0.3 is 0 Å². The Bertz CT molecular complexity index is 1030. The highest BCUT2D eigenvalue weighted by molar-refractivity contribution is 6.77. The van der Waals surface area contributed by atoms with Crippen LogP contribution < -0.4 is 4.74 Å². The molecule has 0 bridgehead atoms. The van der Waals surface area contributed by atoms with Gasteiger partial charge in [-0.2, -0.15) is 0 Å². The second kappa shape index (κ2) is 9.77. The average molecular weight is 501 g/mol. The first-order valence-corrected chi connectivity index (χ1v) is 14.9. The first-order chi connectivity index (χ1) is 16.5. The van der Waals surface area contributed by atoms with Crippen molar-refractivity contribution in [3.8, 4) is 28.4 Å². The minimum absolute atomic E-state index is 0.00922. The van der Waals surface area contributed by atoms with Gasteiger partial charge in [-0.05, 0) is 29.1 Å². The van der Waals surface area contributed by atoms with Crippen molar-refractivity contribution in [3.63, 3.8) is 0 Å². The van der Waals surface area contributed by atoms with Gasteiger partial charge in [0.05, 0.1) is 24.9 Å². The number of benzene rings is 2. The number of fused-ring (bicyclic) bond motifs is 3. The van der Waals surface area contributed by atoms with E-state index in [4.69, 9.17) is 18.6 Å². The van der Waals surface area contributed by atoms with Crippen molar-refractivity contribution < 1.29 is 28.8 Å². The zero-order valence-corrected chi connectivity index (χ0v) is 23.2. The van der Waals surface area contributed by atoms with E-state index in [0.717, 1.165) is 5.56 Å². The first-order valence-electron chi connectivity index (χ1n) is 12.7. The first kappa shape index (κ1) is 26.0. The number of ether oxygens (including phenoxy) is 3. The summed E-state index contributed by atoms with van der Waals surface area (Å²) < 4.78 is 25.4. The monoisotopic (exact) mass is 500 g/mol. The molecule has 0 amide bonds. The van der Waals surface area contributed by atoms with Crippen molar-refractivity contribution in [2.24, 2.45) is 0 Å². The minimum Gasteiger partial charge on any atom is -0.507 e. The van der Waals surface area contributed by atoms with Crippen LogP contribution in [0.2, 0.25) is 16.6 Å². The van der Waals surface area contributed by atoms with Crippen LogP contribution in [-0.2, 0) is 13.9 Å². The van der Waals surface area contributed by atoms with Gasteiger partial charge in [0.1, 0.15) is 11.9 Å². The summed E-state index contributed by atoms with van der Waals surface area (Å²) in [4.78, 5) is 0. The van der Waals surface area contributed by atoms with Crippen molar-refractivity contribution >= 4 is 8.32 Å². The average Bonchev–Trinajstić information content (AvgIpc) is 3.20. The zero-order chi connectivity index (χ0) is 25.7. The molecule has 2 aliphatic rings. The molecule has 1 saturated heterocycles. The van der Waals surface area contributed by atoms with Gasteiger partial charge in [0.25, 0.3) is 0 Å². The lowest BCUT2D eigenvalue weighted by Crippen LogP contribution is -2.50. The summed E-state index contributed by atoms with van der Waals surface area (Å²) in [6, 6.07) is 9.44. The summed E-state index contributed by atoms with van der Waals surface area (Å²) in [5.41, 5.74) is 3.56. The van der Waals surface area contributed by atoms with E-state index >= 15 is 0 Å². The van der Waals surface area contributed by atoms with E-state index in [1.165, 1.54) is 7.11 Å². The molecule has 1 unspecified atom stereocenters. The third-order valence-corrected chi connectivity index (χ3v) is 14.0. The van der Waals surface area contributed by atoms with Gasteiger partial charge in [0.15, 0.2) is 17.8 Å². The van der Waals surface area contributed by atoms with Gasteiger partial charge in [-0.15, -0.1) is 0 Å². The fourth-order valence-electron chi connectivity index (χ4n) is 6.55. The van der Waals surface area contributed by atoms with Gasteiger partial charge in [-0.1, -0.05) is 71.9 Å². The predicted molar refractivity (Wildman–Crippen MR) is 139 cm³/mol. The molecule has 2 heterocycles. The molecule has 0 saturated carbocycles. The Hall–Kier alpha value is -2.06. The highest BCUT2D eigenvalue weighted by Gasteiger charge is 2.52. The number of hydrogen-bond acceptors (Lipinski definition) is 6. The fourth-order valence-corrected chi connectivity index (χ4v) is 12.0. The highest BCUT2D eigenvalue weighted by atomic mass is 28.4. The highest BCUT2D eigenvalue weighted by Crippen LogP contribution is 2.58. The maximum Gasteiger partial charge on any atom is 0.203 e.